The van der Waals surface area contributed by atoms with E-state index >= 15 is 0 Å². The van der Waals surface area contributed by atoms with E-state index in [1.54, 1.807) is 4.90 Å². The summed E-state index contributed by atoms with van der Waals surface area (Å²) in [5.74, 6) is 0.827. The number of hydrogen-bond donors (Lipinski definition) is 0. The lowest BCUT2D eigenvalue weighted by atomic mass is 10.1. The summed E-state index contributed by atoms with van der Waals surface area (Å²) in [6.07, 6.45) is 5.77. The van der Waals surface area contributed by atoms with E-state index in [-0.39, 0.29) is 12.2 Å². The summed E-state index contributed by atoms with van der Waals surface area (Å²) in [4.78, 5) is 14.0. The first kappa shape index (κ1) is 20.0. The first-order chi connectivity index (χ1) is 13.4. The van der Waals surface area contributed by atoms with Gasteiger partial charge in [-0.2, -0.15) is 0 Å². The molecule has 0 saturated carbocycles. The van der Waals surface area contributed by atoms with E-state index in [1.807, 2.05) is 63.2 Å². The maximum atomic E-state index is 12.3. The highest BCUT2D eigenvalue weighted by Gasteiger charge is 2.28. The quantitative estimate of drug-likeness (QED) is 0.646. The monoisotopic (exact) mass is 379 g/mol. The lowest BCUT2D eigenvalue weighted by Gasteiger charge is -2.34. The van der Waals surface area contributed by atoms with Crippen LogP contribution in [0, 0.1) is 0 Å². The molecule has 3 rings (SSSR count). The van der Waals surface area contributed by atoms with Gasteiger partial charge in [0.2, 0.25) is 0 Å². The highest BCUT2D eigenvalue weighted by Crippen LogP contribution is 2.21. The molecule has 4 heteroatoms. The summed E-state index contributed by atoms with van der Waals surface area (Å²) in [5.41, 5.74) is 1.82. The molecule has 1 fully saturated rings. The molecule has 148 valence electrons. The van der Waals surface area contributed by atoms with Crippen LogP contribution in [0.2, 0.25) is 0 Å². The fourth-order valence-electron chi connectivity index (χ4n) is 3.13. The van der Waals surface area contributed by atoms with Crippen LogP contribution < -0.4 is 4.74 Å². The third kappa shape index (κ3) is 6.15. The van der Waals surface area contributed by atoms with Crippen molar-refractivity contribution in [3.63, 3.8) is 0 Å². The smallest absolute Gasteiger partial charge is 0.410 e. The van der Waals surface area contributed by atoms with Gasteiger partial charge in [-0.05, 0) is 56.9 Å². The first-order valence-corrected chi connectivity index (χ1v) is 9.87. The van der Waals surface area contributed by atoms with Gasteiger partial charge in [0, 0.05) is 6.54 Å². The van der Waals surface area contributed by atoms with E-state index in [4.69, 9.17) is 9.47 Å². The average molecular weight is 380 g/mol. The number of nitrogens with zero attached hydrogens (tertiary/aromatic N) is 1. The van der Waals surface area contributed by atoms with Crippen molar-refractivity contribution >= 4 is 18.2 Å². The molecule has 1 heterocycles. The zero-order valence-corrected chi connectivity index (χ0v) is 16.9. The number of benzene rings is 2. The Kier molecular flexibility index (Phi) is 6.40. The predicted molar refractivity (Wildman–Crippen MR) is 113 cm³/mol. The highest BCUT2D eigenvalue weighted by molar-refractivity contribution is 5.70. The van der Waals surface area contributed by atoms with Crippen LogP contribution in [0.3, 0.4) is 0 Å². The van der Waals surface area contributed by atoms with Crippen LogP contribution in [0.15, 0.2) is 54.6 Å². The fourth-order valence-corrected chi connectivity index (χ4v) is 3.13. The zero-order chi connectivity index (χ0) is 20.0. The molecule has 28 heavy (non-hydrogen) atoms. The Hall–Kier alpha value is -2.75. The number of carbonyl (C=O) groups is 1. The van der Waals surface area contributed by atoms with Gasteiger partial charge in [-0.3, -0.25) is 0 Å². The largest absolute Gasteiger partial charge is 0.489 e. The van der Waals surface area contributed by atoms with E-state index in [1.165, 1.54) is 5.56 Å². The molecule has 2 aromatic rings. The fraction of sp³-hybridized carbons (Fsp3) is 0.375. The second kappa shape index (κ2) is 8.96. The van der Waals surface area contributed by atoms with Crippen molar-refractivity contribution in [2.45, 2.75) is 45.3 Å². The molecule has 4 nitrogen and oxygen atoms in total. The summed E-state index contributed by atoms with van der Waals surface area (Å²) < 4.78 is 11.6. The maximum absolute atomic E-state index is 12.3. The second-order valence-corrected chi connectivity index (χ2v) is 8.12. The van der Waals surface area contributed by atoms with Gasteiger partial charge in [-0.25, -0.2) is 4.79 Å². The average Bonchev–Trinajstić information content (AvgIpc) is 2.67. The van der Waals surface area contributed by atoms with Gasteiger partial charge in [-0.1, -0.05) is 54.6 Å². The maximum Gasteiger partial charge on any atom is 0.410 e. The Morgan fingerprint density at radius 1 is 1.00 bits per heavy atom. The van der Waals surface area contributed by atoms with Gasteiger partial charge in [0.1, 0.15) is 17.5 Å². The summed E-state index contributed by atoms with van der Waals surface area (Å²) in [5, 5.41) is 0. The van der Waals surface area contributed by atoms with E-state index in [9.17, 15) is 4.79 Å². The number of likely N-dealkylation sites (tertiary alicyclic amines) is 1. The van der Waals surface area contributed by atoms with Gasteiger partial charge in [0.15, 0.2) is 0 Å². The minimum Gasteiger partial charge on any atom is -0.489 e. The van der Waals surface area contributed by atoms with Crippen LogP contribution in [0.5, 0.6) is 5.75 Å². The molecular weight excluding hydrogens is 350 g/mol. The van der Waals surface area contributed by atoms with Crippen molar-refractivity contribution < 1.29 is 14.3 Å². The van der Waals surface area contributed by atoms with Gasteiger partial charge < -0.3 is 14.4 Å². The number of rotatable bonds is 4. The number of ether oxygens (including phenoxy) is 2. The zero-order valence-electron chi connectivity index (χ0n) is 16.9. The normalized spacial score (nSPS) is 17.5. The lowest BCUT2D eigenvalue weighted by Crippen LogP contribution is -2.46. The van der Waals surface area contributed by atoms with Crippen LogP contribution in [-0.4, -0.2) is 35.8 Å². The minimum absolute atomic E-state index is 0.00743. The molecule has 0 aromatic heterocycles. The summed E-state index contributed by atoms with van der Waals surface area (Å²) in [6, 6.07) is 18.3. The van der Waals surface area contributed by atoms with Crippen molar-refractivity contribution in [1.29, 1.82) is 0 Å². The van der Waals surface area contributed by atoms with Gasteiger partial charge >= 0.3 is 6.09 Å². The minimum atomic E-state index is -0.478. The number of hydrogen-bond acceptors (Lipinski definition) is 3. The Labute approximate surface area is 167 Å². The lowest BCUT2D eigenvalue weighted by molar-refractivity contribution is 0.00776. The molecule has 1 amide bonds. The van der Waals surface area contributed by atoms with Crippen LogP contribution in [0.1, 0.15) is 44.7 Å². The first-order valence-electron chi connectivity index (χ1n) is 9.87. The third-order valence-electron chi connectivity index (χ3n) is 4.48. The highest BCUT2D eigenvalue weighted by atomic mass is 16.6. The van der Waals surface area contributed by atoms with Gasteiger partial charge in [-0.15, -0.1) is 0 Å². The van der Waals surface area contributed by atoms with Gasteiger partial charge in [0.05, 0.1) is 6.54 Å². The molecule has 1 aliphatic rings. The SMILES string of the molecule is CC(C)(C)OC(=O)N1CCC[C@@H](Oc2ccc(/C=C/c3ccccc3)cc2)C1. The Bertz CT molecular complexity index is 791. The molecule has 1 aliphatic heterocycles. The van der Waals surface area contributed by atoms with E-state index < -0.39 is 5.60 Å². The number of carbonyl (C=O) groups excluding carboxylic acids is 1. The van der Waals surface area contributed by atoms with Crippen LogP contribution >= 0.6 is 0 Å². The molecular formula is C24H29NO3. The van der Waals surface area contributed by atoms with Crippen molar-refractivity contribution in [3.05, 3.63) is 65.7 Å². The third-order valence-corrected chi connectivity index (χ3v) is 4.48. The Balaban J connectivity index is 1.55. The van der Waals surface area contributed by atoms with Crippen LogP contribution in [0.25, 0.3) is 12.2 Å². The van der Waals surface area contributed by atoms with Gasteiger partial charge in [0.25, 0.3) is 0 Å². The summed E-state index contributed by atoms with van der Waals surface area (Å²) >= 11 is 0. The molecule has 1 atom stereocenters. The molecule has 2 aromatic carbocycles. The van der Waals surface area contributed by atoms with E-state index in [0.29, 0.717) is 6.54 Å². The Morgan fingerprint density at radius 2 is 1.64 bits per heavy atom. The van der Waals surface area contributed by atoms with Crippen molar-refractivity contribution in [2.24, 2.45) is 0 Å². The molecule has 0 N–H and O–H groups in total. The van der Waals surface area contributed by atoms with Crippen LogP contribution in [-0.2, 0) is 4.74 Å². The molecule has 0 radical (unpaired) electrons. The molecule has 0 spiro atoms. The predicted octanol–water partition coefficient (Wildman–Crippen LogP) is 5.64. The topological polar surface area (TPSA) is 38.8 Å². The van der Waals surface area contributed by atoms with Crippen molar-refractivity contribution in [2.75, 3.05) is 13.1 Å². The van der Waals surface area contributed by atoms with Crippen LogP contribution in [0.4, 0.5) is 4.79 Å². The molecule has 0 aliphatic carbocycles. The molecule has 0 unspecified atom stereocenters. The second-order valence-electron chi connectivity index (χ2n) is 8.12. The van der Waals surface area contributed by atoms with E-state index in [0.717, 1.165) is 30.7 Å². The van der Waals surface area contributed by atoms with E-state index in [2.05, 4.69) is 24.3 Å². The molecule has 1 saturated heterocycles. The number of piperidine rings is 1. The Morgan fingerprint density at radius 3 is 2.29 bits per heavy atom. The molecule has 0 bridgehead atoms. The van der Waals surface area contributed by atoms with Crippen molar-refractivity contribution in [3.8, 4) is 5.75 Å². The summed E-state index contributed by atoms with van der Waals surface area (Å²) in [6.45, 7) is 6.94. The standard InChI is InChI=1S/C24H29NO3/c1-24(2,3)28-23(26)25-17-7-10-22(18-25)27-21-15-13-20(14-16-21)12-11-19-8-5-4-6-9-19/h4-6,8-9,11-16,22H,7,10,17-18H2,1-3H3/b12-11+/t22-/m1/s1. The number of amides is 1. The summed E-state index contributed by atoms with van der Waals surface area (Å²) in [7, 11) is 0. The van der Waals surface area contributed by atoms with Crippen molar-refractivity contribution in [1.82, 2.24) is 4.90 Å².